The molecule has 0 bridgehead atoms. The normalized spacial score (nSPS) is 17.6. The monoisotopic (exact) mass is 480 g/mol. The van der Waals surface area contributed by atoms with E-state index in [1.54, 1.807) is 12.3 Å². The summed E-state index contributed by atoms with van der Waals surface area (Å²) >= 11 is 0. The molecule has 186 valence electrons. The molecule has 3 aromatic rings. The fourth-order valence-electron chi connectivity index (χ4n) is 4.42. The summed E-state index contributed by atoms with van der Waals surface area (Å²) in [5, 5.41) is 25.4. The highest BCUT2D eigenvalue weighted by Gasteiger charge is 2.26. The number of benzene rings is 2. The summed E-state index contributed by atoms with van der Waals surface area (Å²) in [5.74, 6) is 1.12. The highest BCUT2D eigenvalue weighted by atomic mass is 19.1. The molecule has 0 saturated carbocycles. The van der Waals surface area contributed by atoms with Crippen LogP contribution in [0.4, 0.5) is 4.39 Å². The van der Waals surface area contributed by atoms with Crippen molar-refractivity contribution < 1.29 is 24.1 Å². The van der Waals surface area contributed by atoms with Crippen LogP contribution in [0.3, 0.4) is 0 Å². The summed E-state index contributed by atoms with van der Waals surface area (Å²) in [7, 11) is 0. The molecule has 0 spiro atoms. The van der Waals surface area contributed by atoms with Gasteiger partial charge in [-0.05, 0) is 67.3 Å². The minimum atomic E-state index is -1.11. The zero-order chi connectivity index (χ0) is 24.8. The summed E-state index contributed by atoms with van der Waals surface area (Å²) in [6.45, 7) is 5.10. The molecule has 0 radical (unpaired) electrons. The molecule has 1 aromatic heterocycles. The van der Waals surface area contributed by atoms with E-state index in [1.165, 1.54) is 12.1 Å². The van der Waals surface area contributed by atoms with Gasteiger partial charge in [0.2, 0.25) is 0 Å². The Morgan fingerprint density at radius 3 is 2.80 bits per heavy atom. The molecule has 0 amide bonds. The molecule has 1 aliphatic carbocycles. The lowest BCUT2D eigenvalue weighted by atomic mass is 9.86. The molecule has 3 unspecified atom stereocenters. The number of fused-ring (bicyclic) bond motifs is 1. The Labute approximate surface area is 205 Å². The molecule has 4 N–H and O–H groups in total. The number of hydrogen-bond donors (Lipinski definition) is 4. The number of ether oxygens (including phenoxy) is 2. The van der Waals surface area contributed by atoms with Crippen LogP contribution in [-0.4, -0.2) is 40.9 Å². The summed E-state index contributed by atoms with van der Waals surface area (Å²) in [6, 6.07) is 12.4. The lowest BCUT2D eigenvalue weighted by Gasteiger charge is -2.28. The van der Waals surface area contributed by atoms with Crippen LogP contribution in [0.15, 0.2) is 72.1 Å². The van der Waals surface area contributed by atoms with Crippen molar-refractivity contribution in [2.45, 2.75) is 51.5 Å². The molecule has 3 atom stereocenters. The maximum Gasteiger partial charge on any atom is 0.132 e. The molecule has 0 saturated heterocycles. The van der Waals surface area contributed by atoms with Gasteiger partial charge in [-0.3, -0.25) is 5.32 Å². The fourth-order valence-corrected chi connectivity index (χ4v) is 4.42. The first-order valence-corrected chi connectivity index (χ1v) is 12.1. The first kappa shape index (κ1) is 25.0. The summed E-state index contributed by atoms with van der Waals surface area (Å²) in [6.07, 6.45) is 5.14. The standard InChI is InChI=1S/C28H33FN2O4/c1-3-12-35-26-11-8-19(18-6-5-7-22(13-18)34-4-2)14-24(26)28(33)31-27(32)15-20-17-30-25-10-9-21(29)16-23(20)25/h5-11,13,16-17,19,27-28,30-33H,3-4,12,14-15H2,1-2H3. The van der Waals surface area contributed by atoms with Gasteiger partial charge in [0.25, 0.3) is 0 Å². The molecule has 1 aliphatic rings. The molecule has 0 fully saturated rings. The molecule has 7 heteroatoms. The predicted molar refractivity (Wildman–Crippen MR) is 134 cm³/mol. The summed E-state index contributed by atoms with van der Waals surface area (Å²) in [4.78, 5) is 3.09. The van der Waals surface area contributed by atoms with Gasteiger partial charge < -0.3 is 24.7 Å². The number of aromatic amines is 1. The van der Waals surface area contributed by atoms with Crippen LogP contribution in [0.25, 0.3) is 10.9 Å². The lowest BCUT2D eigenvalue weighted by molar-refractivity contribution is 0.0555. The largest absolute Gasteiger partial charge is 0.494 e. The number of aromatic nitrogens is 1. The lowest BCUT2D eigenvalue weighted by Crippen LogP contribution is -2.41. The number of aliphatic hydroxyl groups is 2. The molecule has 2 aromatic carbocycles. The SMILES string of the molecule is CCCOC1=C(C(O)NC(O)Cc2c[nH]c3ccc(F)cc23)CC(c2cccc(OCC)c2)C=C1. The van der Waals surface area contributed by atoms with Gasteiger partial charge in [-0.1, -0.05) is 25.1 Å². The second kappa shape index (κ2) is 11.5. The highest BCUT2D eigenvalue weighted by molar-refractivity contribution is 5.83. The van der Waals surface area contributed by atoms with Gasteiger partial charge in [0.15, 0.2) is 0 Å². The van der Waals surface area contributed by atoms with E-state index in [4.69, 9.17) is 9.47 Å². The van der Waals surface area contributed by atoms with Crippen LogP contribution in [0, 0.1) is 5.82 Å². The van der Waals surface area contributed by atoms with E-state index in [9.17, 15) is 14.6 Å². The summed E-state index contributed by atoms with van der Waals surface area (Å²) in [5.41, 5.74) is 3.31. The fraction of sp³-hybridized carbons (Fsp3) is 0.357. The zero-order valence-electron chi connectivity index (χ0n) is 20.1. The number of H-pyrrole nitrogens is 1. The third kappa shape index (κ3) is 6.11. The van der Waals surface area contributed by atoms with Gasteiger partial charge in [-0.15, -0.1) is 0 Å². The third-order valence-corrected chi connectivity index (χ3v) is 6.12. The van der Waals surface area contributed by atoms with E-state index >= 15 is 0 Å². The number of allylic oxidation sites excluding steroid dienone is 2. The summed E-state index contributed by atoms with van der Waals surface area (Å²) < 4.78 is 25.3. The first-order chi connectivity index (χ1) is 17.0. The van der Waals surface area contributed by atoms with Gasteiger partial charge in [0, 0.05) is 35.0 Å². The van der Waals surface area contributed by atoms with Crippen LogP contribution in [0.1, 0.15) is 43.7 Å². The molecule has 0 aliphatic heterocycles. The van der Waals surface area contributed by atoms with E-state index in [0.29, 0.717) is 36.4 Å². The molecule has 1 heterocycles. The minimum absolute atomic E-state index is 0.0320. The van der Waals surface area contributed by atoms with Crippen molar-refractivity contribution >= 4 is 10.9 Å². The van der Waals surface area contributed by atoms with Crippen molar-refractivity contribution in [1.82, 2.24) is 10.3 Å². The Hall–Kier alpha value is -3.13. The molecule has 6 nitrogen and oxygen atoms in total. The number of halogens is 1. The third-order valence-electron chi connectivity index (χ3n) is 6.12. The highest BCUT2D eigenvalue weighted by Crippen LogP contribution is 2.34. The Kier molecular flexibility index (Phi) is 8.23. The van der Waals surface area contributed by atoms with E-state index < -0.39 is 12.5 Å². The zero-order valence-corrected chi connectivity index (χ0v) is 20.1. The smallest absolute Gasteiger partial charge is 0.132 e. The second-order valence-corrected chi connectivity index (χ2v) is 8.71. The van der Waals surface area contributed by atoms with Crippen molar-refractivity contribution in [2.24, 2.45) is 0 Å². The Balaban J connectivity index is 1.49. The van der Waals surface area contributed by atoms with Crippen LogP contribution < -0.4 is 10.1 Å². The van der Waals surface area contributed by atoms with Gasteiger partial charge in [-0.2, -0.15) is 0 Å². The molecule has 35 heavy (non-hydrogen) atoms. The molecule has 4 rings (SSSR count). The van der Waals surface area contributed by atoms with E-state index in [-0.39, 0.29) is 18.2 Å². The quantitative estimate of drug-likeness (QED) is 0.293. The number of nitrogens with one attached hydrogen (secondary N) is 2. The number of hydrogen-bond acceptors (Lipinski definition) is 5. The number of rotatable bonds is 11. The van der Waals surface area contributed by atoms with Crippen molar-refractivity contribution in [3.05, 3.63) is 89.1 Å². The molecular weight excluding hydrogens is 447 g/mol. The van der Waals surface area contributed by atoms with Gasteiger partial charge in [0.05, 0.1) is 13.2 Å². The Morgan fingerprint density at radius 2 is 2.00 bits per heavy atom. The predicted octanol–water partition coefficient (Wildman–Crippen LogP) is 4.90. The van der Waals surface area contributed by atoms with E-state index in [0.717, 1.165) is 28.8 Å². The number of aliphatic hydroxyl groups excluding tert-OH is 2. The van der Waals surface area contributed by atoms with Crippen molar-refractivity contribution in [2.75, 3.05) is 13.2 Å². The van der Waals surface area contributed by atoms with Crippen molar-refractivity contribution in [1.29, 1.82) is 0 Å². The Morgan fingerprint density at radius 1 is 1.14 bits per heavy atom. The van der Waals surface area contributed by atoms with E-state index in [1.807, 2.05) is 44.2 Å². The van der Waals surface area contributed by atoms with Crippen LogP contribution >= 0.6 is 0 Å². The minimum Gasteiger partial charge on any atom is -0.494 e. The molecular formula is C28H33FN2O4. The van der Waals surface area contributed by atoms with Crippen LogP contribution in [0.5, 0.6) is 5.75 Å². The van der Waals surface area contributed by atoms with Crippen LogP contribution in [-0.2, 0) is 11.2 Å². The van der Waals surface area contributed by atoms with Gasteiger partial charge in [-0.25, -0.2) is 4.39 Å². The average molecular weight is 481 g/mol. The van der Waals surface area contributed by atoms with E-state index in [2.05, 4.69) is 16.4 Å². The van der Waals surface area contributed by atoms with Crippen molar-refractivity contribution in [3.8, 4) is 5.75 Å². The maximum atomic E-state index is 13.7. The second-order valence-electron chi connectivity index (χ2n) is 8.71. The Bertz CT molecular complexity index is 1200. The van der Waals surface area contributed by atoms with Crippen LogP contribution in [0.2, 0.25) is 0 Å². The average Bonchev–Trinajstić information content (AvgIpc) is 3.24. The topological polar surface area (TPSA) is 86.7 Å². The van der Waals surface area contributed by atoms with Gasteiger partial charge in [0.1, 0.15) is 29.8 Å². The van der Waals surface area contributed by atoms with Gasteiger partial charge >= 0.3 is 0 Å². The first-order valence-electron chi connectivity index (χ1n) is 12.1. The van der Waals surface area contributed by atoms with Crippen molar-refractivity contribution in [3.63, 3.8) is 0 Å². The maximum absolute atomic E-state index is 13.7.